The van der Waals surface area contributed by atoms with E-state index in [1.54, 1.807) is 0 Å². The lowest BCUT2D eigenvalue weighted by Gasteiger charge is -2.16. The summed E-state index contributed by atoms with van der Waals surface area (Å²) >= 11 is 0. The highest BCUT2D eigenvalue weighted by Gasteiger charge is 2.38. The molecule has 0 amide bonds. The summed E-state index contributed by atoms with van der Waals surface area (Å²) < 4.78 is 114. The first-order chi connectivity index (χ1) is 12.5. The van der Waals surface area contributed by atoms with Crippen molar-refractivity contribution in [2.75, 3.05) is 19.4 Å². The molecule has 0 aliphatic rings. The fraction of sp³-hybridized carbons (Fsp3) is 0.312. The third-order valence-electron chi connectivity index (χ3n) is 2.99. The van der Waals surface area contributed by atoms with Gasteiger partial charge in [0.1, 0.15) is 0 Å². The fourth-order valence-corrected chi connectivity index (χ4v) is 1.77. The van der Waals surface area contributed by atoms with Gasteiger partial charge >= 0.3 is 18.5 Å². The molecule has 0 radical (unpaired) electrons. The van der Waals surface area contributed by atoms with Crippen molar-refractivity contribution in [2.24, 2.45) is 0 Å². The zero-order valence-corrected chi connectivity index (χ0v) is 14.2. The molecule has 0 saturated heterocycles. The Hall–Kier alpha value is -2.66. The summed E-state index contributed by atoms with van der Waals surface area (Å²) in [4.78, 5) is 12.4. The maximum Gasteiger partial charge on any atom is 0.454 e. The molecule has 1 aromatic rings. The molecule has 1 rings (SSSR count). The first kappa shape index (κ1) is 23.4. The molecule has 0 bridgehead atoms. The van der Waals surface area contributed by atoms with Crippen molar-refractivity contribution in [2.45, 2.75) is 18.5 Å². The smallest absolute Gasteiger partial charge is 0.383 e. The van der Waals surface area contributed by atoms with Gasteiger partial charge in [-0.1, -0.05) is 0 Å². The first-order valence-electron chi connectivity index (χ1n) is 7.24. The second-order valence-electron chi connectivity index (χ2n) is 5.66. The summed E-state index contributed by atoms with van der Waals surface area (Å²) in [5.41, 5.74) is -4.79. The number of carbonyl (C=O) groups excluding carboxylic acids is 1. The molecular weight excluding hydrogens is 407 g/mol. The van der Waals surface area contributed by atoms with Crippen LogP contribution >= 0.6 is 0 Å². The van der Waals surface area contributed by atoms with E-state index in [4.69, 9.17) is 0 Å². The molecule has 0 heterocycles. The van der Waals surface area contributed by atoms with Crippen molar-refractivity contribution in [3.05, 3.63) is 53.4 Å². The standard InChI is InChI=1S/C16H13F9N2O/c1-27(2)4-3-11(8-13(28)16(23,24)25)26-12-6-9(14(17,18)19)5-10(7-12)15(20,21)22/h3-8,26H,1-2H3/b4-3+,11-8-. The minimum atomic E-state index is -5.27. The van der Waals surface area contributed by atoms with Gasteiger partial charge in [0, 0.05) is 37.8 Å². The van der Waals surface area contributed by atoms with Gasteiger partial charge in [-0.25, -0.2) is 0 Å². The van der Waals surface area contributed by atoms with E-state index >= 15 is 0 Å². The molecule has 0 atom stereocenters. The number of anilines is 1. The van der Waals surface area contributed by atoms with Gasteiger partial charge in [-0.2, -0.15) is 39.5 Å². The van der Waals surface area contributed by atoms with Crippen LogP contribution in [0.3, 0.4) is 0 Å². The number of nitrogens with one attached hydrogen (secondary N) is 1. The summed E-state index contributed by atoms with van der Waals surface area (Å²) in [6.45, 7) is 0. The highest BCUT2D eigenvalue weighted by Crippen LogP contribution is 2.37. The van der Waals surface area contributed by atoms with Crippen molar-refractivity contribution in [3.63, 3.8) is 0 Å². The van der Waals surface area contributed by atoms with Crippen LogP contribution in [0.25, 0.3) is 0 Å². The van der Waals surface area contributed by atoms with Crippen LogP contribution in [0, 0.1) is 0 Å². The molecule has 0 fully saturated rings. The van der Waals surface area contributed by atoms with E-state index in [9.17, 15) is 44.3 Å². The highest BCUT2D eigenvalue weighted by molar-refractivity contribution is 5.95. The van der Waals surface area contributed by atoms with Gasteiger partial charge in [-0.15, -0.1) is 0 Å². The van der Waals surface area contributed by atoms with E-state index in [1.165, 1.54) is 19.0 Å². The third-order valence-corrected chi connectivity index (χ3v) is 2.99. The summed E-state index contributed by atoms with van der Waals surface area (Å²) in [5, 5.41) is 1.99. The molecule has 28 heavy (non-hydrogen) atoms. The molecule has 1 aromatic carbocycles. The van der Waals surface area contributed by atoms with Crippen molar-refractivity contribution in [1.82, 2.24) is 4.90 Å². The number of hydrogen-bond donors (Lipinski definition) is 1. The van der Waals surface area contributed by atoms with E-state index in [1.807, 2.05) is 5.32 Å². The lowest BCUT2D eigenvalue weighted by molar-refractivity contribution is -0.165. The van der Waals surface area contributed by atoms with E-state index in [-0.39, 0.29) is 24.3 Å². The highest BCUT2D eigenvalue weighted by atomic mass is 19.4. The molecule has 0 aromatic heterocycles. The number of carbonyl (C=O) groups is 1. The van der Waals surface area contributed by atoms with E-state index in [0.717, 1.165) is 12.3 Å². The second-order valence-corrected chi connectivity index (χ2v) is 5.66. The van der Waals surface area contributed by atoms with Crippen LogP contribution in [-0.2, 0) is 17.1 Å². The predicted octanol–water partition coefficient (Wildman–Crippen LogP) is 5.23. The topological polar surface area (TPSA) is 32.3 Å². The minimum Gasteiger partial charge on any atom is -0.383 e. The number of halogens is 9. The molecule has 0 saturated carbocycles. The van der Waals surface area contributed by atoms with Crippen LogP contribution in [-0.4, -0.2) is 31.0 Å². The molecule has 0 spiro atoms. The molecule has 3 nitrogen and oxygen atoms in total. The van der Waals surface area contributed by atoms with Crippen LogP contribution in [0.4, 0.5) is 45.2 Å². The average Bonchev–Trinajstić information content (AvgIpc) is 2.49. The molecule has 156 valence electrons. The quantitative estimate of drug-likeness (QED) is 0.403. The summed E-state index contributed by atoms with van der Waals surface area (Å²) in [5.74, 6) is -2.35. The van der Waals surface area contributed by atoms with Crippen LogP contribution in [0.1, 0.15) is 11.1 Å². The Labute approximate surface area is 153 Å². The van der Waals surface area contributed by atoms with E-state index < -0.39 is 46.8 Å². The van der Waals surface area contributed by atoms with Crippen molar-refractivity contribution in [1.29, 1.82) is 0 Å². The van der Waals surface area contributed by atoms with E-state index in [2.05, 4.69) is 0 Å². The Morgan fingerprint density at radius 2 is 1.36 bits per heavy atom. The zero-order chi connectivity index (χ0) is 21.9. The third kappa shape index (κ3) is 7.16. The number of alkyl halides is 9. The monoisotopic (exact) mass is 420 g/mol. The Bertz CT molecular complexity index is 740. The fourth-order valence-electron chi connectivity index (χ4n) is 1.77. The van der Waals surface area contributed by atoms with Crippen molar-refractivity contribution in [3.8, 4) is 0 Å². The number of hydrogen-bond acceptors (Lipinski definition) is 3. The second kappa shape index (κ2) is 8.15. The Morgan fingerprint density at radius 3 is 1.71 bits per heavy atom. The molecular formula is C16H13F9N2O. The first-order valence-corrected chi connectivity index (χ1v) is 7.24. The van der Waals surface area contributed by atoms with Crippen molar-refractivity contribution >= 4 is 11.5 Å². The van der Waals surface area contributed by atoms with Crippen molar-refractivity contribution < 1.29 is 44.3 Å². The molecule has 12 heteroatoms. The molecule has 1 N–H and O–H groups in total. The lowest BCUT2D eigenvalue weighted by Crippen LogP contribution is -2.21. The van der Waals surface area contributed by atoms with E-state index in [0.29, 0.717) is 0 Å². The number of allylic oxidation sites excluding steroid dienone is 2. The number of benzene rings is 1. The SMILES string of the molecule is CN(C)/C=C/C(=C/C(=O)C(F)(F)F)Nc1cc(C(F)(F)F)cc(C(F)(F)F)c1. The number of rotatable bonds is 5. The van der Waals surface area contributed by atoms with Crippen LogP contribution in [0.2, 0.25) is 0 Å². The maximum absolute atomic E-state index is 12.9. The summed E-state index contributed by atoms with van der Waals surface area (Å²) in [7, 11) is 2.90. The lowest BCUT2D eigenvalue weighted by atomic mass is 10.1. The van der Waals surface area contributed by atoms with Crippen LogP contribution in [0.15, 0.2) is 42.2 Å². The normalized spacial score (nSPS) is 13.8. The maximum atomic E-state index is 12.9. The molecule has 0 unspecified atom stereocenters. The largest absolute Gasteiger partial charge is 0.454 e. The number of ketones is 1. The Kier molecular flexibility index (Phi) is 6.80. The van der Waals surface area contributed by atoms with Gasteiger partial charge in [-0.3, -0.25) is 4.79 Å². The predicted molar refractivity (Wildman–Crippen MR) is 82.0 cm³/mol. The summed E-state index contributed by atoms with van der Waals surface area (Å²) in [6.07, 6.45) is -13.5. The molecule has 0 aliphatic carbocycles. The van der Waals surface area contributed by atoms with Gasteiger partial charge in [0.25, 0.3) is 5.78 Å². The zero-order valence-electron chi connectivity index (χ0n) is 14.2. The molecule has 0 aliphatic heterocycles. The van der Waals surface area contributed by atoms with Gasteiger partial charge < -0.3 is 10.2 Å². The Morgan fingerprint density at radius 1 is 0.893 bits per heavy atom. The van der Waals surface area contributed by atoms with Crippen LogP contribution < -0.4 is 5.32 Å². The average molecular weight is 420 g/mol. The summed E-state index contributed by atoms with van der Waals surface area (Å²) in [6, 6.07) is 0.431. The van der Waals surface area contributed by atoms with Gasteiger partial charge in [0.05, 0.1) is 11.1 Å². The van der Waals surface area contributed by atoms with Gasteiger partial charge in [-0.05, 0) is 24.3 Å². The van der Waals surface area contributed by atoms with Gasteiger partial charge in [0.15, 0.2) is 0 Å². The Balaban J connectivity index is 3.45. The van der Waals surface area contributed by atoms with Crippen LogP contribution in [0.5, 0.6) is 0 Å². The van der Waals surface area contributed by atoms with Gasteiger partial charge in [0.2, 0.25) is 0 Å². The minimum absolute atomic E-state index is 0.0214. The number of nitrogens with zero attached hydrogens (tertiary/aromatic N) is 1.